The first-order valence-electron chi connectivity index (χ1n) is 10.6. The average molecular weight is 424 g/mol. The summed E-state index contributed by atoms with van der Waals surface area (Å²) in [5.74, 6) is -0.628. The van der Waals surface area contributed by atoms with Crippen LogP contribution in [0.1, 0.15) is 47.1 Å². The third kappa shape index (κ3) is 6.37. The van der Waals surface area contributed by atoms with E-state index in [9.17, 15) is 9.18 Å². The van der Waals surface area contributed by atoms with Crippen molar-refractivity contribution >= 4 is 14.3 Å². The zero-order valence-electron chi connectivity index (χ0n) is 19.3. The summed E-state index contributed by atoms with van der Waals surface area (Å²) >= 11 is 0. The molecular weight excluding hydrogens is 385 g/mol. The lowest BCUT2D eigenvalue weighted by Crippen LogP contribution is -2.44. The maximum Gasteiger partial charge on any atom is 0.311 e. The van der Waals surface area contributed by atoms with Crippen molar-refractivity contribution in [3.8, 4) is 0 Å². The molecule has 3 unspecified atom stereocenters. The largest absolute Gasteiger partial charge is 0.459 e. The van der Waals surface area contributed by atoms with Gasteiger partial charge in [-0.05, 0) is 56.6 Å². The minimum absolute atomic E-state index is 0.0848. The normalized spacial score (nSPS) is 23.3. The molecule has 1 N–H and O–H groups in total. The van der Waals surface area contributed by atoms with E-state index >= 15 is 0 Å². The summed E-state index contributed by atoms with van der Waals surface area (Å²) in [7, 11) is -1.89. The van der Waals surface area contributed by atoms with Crippen molar-refractivity contribution in [3.05, 3.63) is 35.6 Å². The lowest BCUT2D eigenvalue weighted by atomic mass is 9.91. The van der Waals surface area contributed by atoms with E-state index in [1.807, 2.05) is 19.9 Å². The van der Waals surface area contributed by atoms with Crippen molar-refractivity contribution in [1.82, 2.24) is 5.32 Å². The highest BCUT2D eigenvalue weighted by Crippen LogP contribution is 2.38. The van der Waals surface area contributed by atoms with Gasteiger partial charge in [-0.1, -0.05) is 32.9 Å². The zero-order valence-corrected chi connectivity index (χ0v) is 20.3. The van der Waals surface area contributed by atoms with Gasteiger partial charge in [-0.15, -0.1) is 0 Å². The number of ether oxygens (including phenoxy) is 1. The highest BCUT2D eigenvalue weighted by atomic mass is 28.4. The zero-order chi connectivity index (χ0) is 22.0. The summed E-state index contributed by atoms with van der Waals surface area (Å²) < 4.78 is 25.8. The van der Waals surface area contributed by atoms with Crippen molar-refractivity contribution in [2.45, 2.75) is 77.7 Å². The third-order valence-corrected chi connectivity index (χ3v) is 11.0. The molecule has 1 aliphatic heterocycles. The van der Waals surface area contributed by atoms with Crippen molar-refractivity contribution in [2.24, 2.45) is 11.8 Å². The Labute approximate surface area is 176 Å². The summed E-state index contributed by atoms with van der Waals surface area (Å²) in [6, 6.07) is 6.64. The Hall–Kier alpha value is -1.24. The predicted molar refractivity (Wildman–Crippen MR) is 118 cm³/mol. The quantitative estimate of drug-likeness (QED) is 0.499. The molecule has 1 fully saturated rings. The fourth-order valence-electron chi connectivity index (χ4n) is 3.53. The first-order chi connectivity index (χ1) is 13.2. The van der Waals surface area contributed by atoms with E-state index in [0.717, 1.165) is 5.56 Å². The van der Waals surface area contributed by atoms with E-state index in [4.69, 9.17) is 9.16 Å². The Kier molecular flexibility index (Phi) is 7.34. The maximum atomic E-state index is 13.5. The molecule has 4 nitrogen and oxygen atoms in total. The van der Waals surface area contributed by atoms with Gasteiger partial charge >= 0.3 is 5.97 Å². The molecule has 0 spiro atoms. The first-order valence-corrected chi connectivity index (χ1v) is 13.5. The molecule has 1 aromatic carbocycles. The lowest BCUT2D eigenvalue weighted by Gasteiger charge is -2.38. The Morgan fingerprint density at radius 2 is 1.90 bits per heavy atom. The standard InChI is InChI=1S/C23H38FNO3Si/c1-16-20(15-27-29(7,8)22(2,3)4)19(14-25-16)21(26)28-23(5,6)13-17-10-9-11-18(24)12-17/h9-12,16,19-20,25H,13-15H2,1-8H3. The van der Waals surface area contributed by atoms with Gasteiger partial charge in [0.2, 0.25) is 0 Å². The van der Waals surface area contributed by atoms with Crippen LogP contribution in [0.15, 0.2) is 24.3 Å². The van der Waals surface area contributed by atoms with Crippen LogP contribution in [0.5, 0.6) is 0 Å². The predicted octanol–water partition coefficient (Wildman–Crippen LogP) is 4.94. The molecule has 0 aliphatic carbocycles. The number of hydrogen-bond donors (Lipinski definition) is 1. The van der Waals surface area contributed by atoms with Crippen LogP contribution in [0.4, 0.5) is 4.39 Å². The second kappa shape index (κ2) is 8.86. The molecule has 1 heterocycles. The van der Waals surface area contributed by atoms with E-state index in [2.05, 4.69) is 46.1 Å². The van der Waals surface area contributed by atoms with Crippen molar-refractivity contribution in [3.63, 3.8) is 0 Å². The summed E-state index contributed by atoms with van der Waals surface area (Å²) in [5, 5.41) is 3.53. The van der Waals surface area contributed by atoms with Crippen molar-refractivity contribution < 1.29 is 18.3 Å². The highest BCUT2D eigenvalue weighted by Gasteiger charge is 2.43. The number of esters is 1. The monoisotopic (exact) mass is 423 g/mol. The second-order valence-electron chi connectivity index (χ2n) is 10.5. The molecule has 6 heteroatoms. The molecule has 29 heavy (non-hydrogen) atoms. The highest BCUT2D eigenvalue weighted by molar-refractivity contribution is 6.74. The SMILES string of the molecule is CC1NCC(C(=O)OC(C)(C)Cc2cccc(F)c2)C1CO[Si](C)(C)C(C)(C)C. The van der Waals surface area contributed by atoms with Crippen LogP contribution in [0.25, 0.3) is 0 Å². The van der Waals surface area contributed by atoms with Crippen LogP contribution in [-0.2, 0) is 20.4 Å². The van der Waals surface area contributed by atoms with Gasteiger partial charge in [0.15, 0.2) is 8.32 Å². The van der Waals surface area contributed by atoms with Crippen molar-refractivity contribution in [2.75, 3.05) is 13.2 Å². The van der Waals surface area contributed by atoms with Gasteiger partial charge in [0.1, 0.15) is 11.4 Å². The molecule has 3 atom stereocenters. The Bertz CT molecular complexity index is 714. The van der Waals surface area contributed by atoms with Crippen LogP contribution in [0, 0.1) is 17.7 Å². The van der Waals surface area contributed by atoms with Gasteiger partial charge in [0.05, 0.1) is 5.92 Å². The fourth-order valence-corrected chi connectivity index (χ4v) is 4.57. The second-order valence-corrected chi connectivity index (χ2v) is 15.3. The average Bonchev–Trinajstić information content (AvgIpc) is 2.92. The topological polar surface area (TPSA) is 47.6 Å². The molecule has 0 aromatic heterocycles. The van der Waals surface area contributed by atoms with Crippen molar-refractivity contribution in [1.29, 1.82) is 0 Å². The lowest BCUT2D eigenvalue weighted by molar-refractivity contribution is -0.162. The number of hydrogen-bond acceptors (Lipinski definition) is 4. The summed E-state index contributed by atoms with van der Waals surface area (Å²) in [6.45, 7) is 18.1. The molecule has 0 radical (unpaired) electrons. The molecule has 1 aromatic rings. The van der Waals surface area contributed by atoms with E-state index < -0.39 is 13.9 Å². The van der Waals surface area contributed by atoms with E-state index in [1.165, 1.54) is 12.1 Å². The van der Waals surface area contributed by atoms with Gasteiger partial charge in [-0.3, -0.25) is 4.79 Å². The maximum absolute atomic E-state index is 13.5. The van der Waals surface area contributed by atoms with Crippen LogP contribution in [-0.4, -0.2) is 39.1 Å². The van der Waals surface area contributed by atoms with Crippen LogP contribution >= 0.6 is 0 Å². The minimum atomic E-state index is -1.89. The Morgan fingerprint density at radius 3 is 2.48 bits per heavy atom. The number of nitrogens with one attached hydrogen (secondary N) is 1. The molecule has 2 rings (SSSR count). The first kappa shape index (κ1) is 24.0. The number of rotatable bonds is 7. The van der Waals surface area contributed by atoms with Gasteiger partial charge in [-0.2, -0.15) is 0 Å². The van der Waals surface area contributed by atoms with Crippen LogP contribution in [0.2, 0.25) is 18.1 Å². The van der Waals surface area contributed by atoms with Crippen LogP contribution < -0.4 is 5.32 Å². The van der Waals surface area contributed by atoms with Gasteiger partial charge in [0.25, 0.3) is 0 Å². The minimum Gasteiger partial charge on any atom is -0.459 e. The summed E-state index contributed by atoms with van der Waals surface area (Å²) in [5.41, 5.74) is 0.111. The fraction of sp³-hybridized carbons (Fsp3) is 0.696. The van der Waals surface area contributed by atoms with Crippen LogP contribution in [0.3, 0.4) is 0 Å². The van der Waals surface area contributed by atoms with E-state index in [0.29, 0.717) is 19.6 Å². The smallest absolute Gasteiger partial charge is 0.311 e. The molecule has 0 saturated carbocycles. The van der Waals surface area contributed by atoms with Gasteiger partial charge in [0, 0.05) is 31.5 Å². The number of carbonyl (C=O) groups is 1. The van der Waals surface area contributed by atoms with E-state index in [1.54, 1.807) is 6.07 Å². The number of carbonyl (C=O) groups excluding carboxylic acids is 1. The molecule has 0 amide bonds. The van der Waals surface area contributed by atoms with Gasteiger partial charge < -0.3 is 14.5 Å². The third-order valence-electron chi connectivity index (χ3n) is 6.46. The van der Waals surface area contributed by atoms with Gasteiger partial charge in [-0.25, -0.2) is 4.39 Å². The summed E-state index contributed by atoms with van der Waals surface area (Å²) in [6.07, 6.45) is 0.470. The van der Waals surface area contributed by atoms with E-state index in [-0.39, 0.29) is 34.7 Å². The molecule has 1 aliphatic rings. The molecule has 0 bridgehead atoms. The number of benzene rings is 1. The molecule has 164 valence electrons. The molecule has 1 saturated heterocycles. The Balaban J connectivity index is 2.02. The number of halogens is 1. The molecular formula is C23H38FNO3Si. The Morgan fingerprint density at radius 1 is 1.24 bits per heavy atom. The summed E-state index contributed by atoms with van der Waals surface area (Å²) in [4.78, 5) is 13.0.